The number of nitrogens with one attached hydrogen (secondary N) is 1. The van der Waals surface area contributed by atoms with Crippen LogP contribution in [0.4, 0.5) is 0 Å². The Kier molecular flexibility index (Phi) is 4.33. The molecule has 0 aliphatic carbocycles. The Hall–Kier alpha value is -1.55. The van der Waals surface area contributed by atoms with Crippen LogP contribution in [0.15, 0.2) is 35.2 Å². The largest absolute Gasteiger partial charge is 0.467 e. The number of furan rings is 1. The number of imidazole rings is 1. The summed E-state index contributed by atoms with van der Waals surface area (Å²) in [7, 11) is 2.01. The lowest BCUT2D eigenvalue weighted by Crippen LogP contribution is -2.36. The number of aromatic nitrogens is 2. The van der Waals surface area contributed by atoms with E-state index >= 15 is 0 Å². The van der Waals surface area contributed by atoms with Crippen LogP contribution in [0.25, 0.3) is 0 Å². The molecule has 2 heterocycles. The molecule has 0 bridgehead atoms. The van der Waals surface area contributed by atoms with Crippen molar-refractivity contribution < 1.29 is 4.42 Å². The van der Waals surface area contributed by atoms with Crippen LogP contribution in [0.1, 0.15) is 45.3 Å². The summed E-state index contributed by atoms with van der Waals surface area (Å²) in [5.74, 6) is 2.48. The third kappa shape index (κ3) is 3.12. The van der Waals surface area contributed by atoms with Gasteiger partial charge in [0.15, 0.2) is 0 Å². The number of hydrogen-bond acceptors (Lipinski definition) is 3. The first-order valence-electron chi connectivity index (χ1n) is 7.16. The Labute approximate surface area is 121 Å². The van der Waals surface area contributed by atoms with E-state index in [1.54, 1.807) is 6.26 Å². The number of rotatable bonds is 6. The minimum absolute atomic E-state index is 0.0111. The van der Waals surface area contributed by atoms with Gasteiger partial charge in [-0.1, -0.05) is 27.7 Å². The van der Waals surface area contributed by atoms with Crippen molar-refractivity contribution in [1.29, 1.82) is 0 Å². The predicted octanol–water partition coefficient (Wildman–Crippen LogP) is 3.37. The van der Waals surface area contributed by atoms with Crippen molar-refractivity contribution in [3.05, 3.63) is 42.4 Å². The maximum atomic E-state index is 5.58. The highest BCUT2D eigenvalue weighted by molar-refractivity contribution is 5.15. The van der Waals surface area contributed by atoms with E-state index in [0.717, 1.165) is 18.1 Å². The van der Waals surface area contributed by atoms with Gasteiger partial charge in [0.25, 0.3) is 0 Å². The van der Waals surface area contributed by atoms with Crippen LogP contribution in [0.5, 0.6) is 0 Å². The van der Waals surface area contributed by atoms with Gasteiger partial charge in [0.2, 0.25) is 0 Å². The summed E-state index contributed by atoms with van der Waals surface area (Å²) < 4.78 is 7.61. The number of nitrogens with zero attached hydrogens (tertiary/aromatic N) is 2. The van der Waals surface area contributed by atoms with Crippen LogP contribution < -0.4 is 5.32 Å². The standard InChI is InChI=1S/C16H25N3O/c1-12(2)16(3,4)11-18-14(13-7-6-10-20-13)15-17-8-9-19(15)5/h6-10,12,14,18H,11H2,1-5H3. The molecule has 1 unspecified atom stereocenters. The third-order valence-corrected chi connectivity index (χ3v) is 4.27. The quantitative estimate of drug-likeness (QED) is 0.879. The minimum Gasteiger partial charge on any atom is -0.467 e. The molecule has 110 valence electrons. The Morgan fingerprint density at radius 1 is 1.40 bits per heavy atom. The molecule has 0 saturated heterocycles. The molecule has 1 atom stereocenters. The third-order valence-electron chi connectivity index (χ3n) is 4.27. The van der Waals surface area contributed by atoms with Crippen molar-refractivity contribution in [2.45, 2.75) is 33.7 Å². The average molecular weight is 275 g/mol. The molecule has 0 radical (unpaired) electrons. The second-order valence-electron chi connectivity index (χ2n) is 6.37. The molecule has 2 aromatic rings. The van der Waals surface area contributed by atoms with Crippen molar-refractivity contribution in [2.24, 2.45) is 18.4 Å². The van der Waals surface area contributed by atoms with Gasteiger partial charge in [-0.2, -0.15) is 0 Å². The van der Waals surface area contributed by atoms with E-state index in [1.807, 2.05) is 36.1 Å². The SMILES string of the molecule is CC(C)C(C)(C)CNC(c1ccco1)c1nccn1C. The molecular weight excluding hydrogens is 250 g/mol. The van der Waals surface area contributed by atoms with E-state index in [-0.39, 0.29) is 11.5 Å². The maximum absolute atomic E-state index is 5.58. The Balaban J connectivity index is 2.19. The fourth-order valence-corrected chi connectivity index (χ4v) is 2.00. The summed E-state index contributed by atoms with van der Waals surface area (Å²) in [6.45, 7) is 9.97. The molecule has 0 aliphatic rings. The summed E-state index contributed by atoms with van der Waals surface area (Å²) in [4.78, 5) is 4.46. The van der Waals surface area contributed by atoms with E-state index in [9.17, 15) is 0 Å². The Morgan fingerprint density at radius 3 is 2.65 bits per heavy atom. The van der Waals surface area contributed by atoms with Crippen LogP contribution in [-0.2, 0) is 7.05 Å². The van der Waals surface area contributed by atoms with E-state index in [4.69, 9.17) is 4.42 Å². The molecule has 0 aromatic carbocycles. The van der Waals surface area contributed by atoms with Gasteiger partial charge in [-0.3, -0.25) is 0 Å². The lowest BCUT2D eigenvalue weighted by Gasteiger charge is -2.31. The van der Waals surface area contributed by atoms with Crippen molar-refractivity contribution in [3.63, 3.8) is 0 Å². The Bertz CT molecular complexity index is 526. The molecule has 0 saturated carbocycles. The summed E-state index contributed by atoms with van der Waals surface area (Å²) in [6.07, 6.45) is 5.49. The smallest absolute Gasteiger partial charge is 0.133 e. The molecule has 2 aromatic heterocycles. The van der Waals surface area contributed by atoms with Gasteiger partial charge < -0.3 is 14.3 Å². The van der Waals surface area contributed by atoms with Crippen LogP contribution in [0.2, 0.25) is 0 Å². The van der Waals surface area contributed by atoms with Gasteiger partial charge in [-0.15, -0.1) is 0 Å². The summed E-state index contributed by atoms with van der Waals surface area (Å²) in [5, 5.41) is 3.61. The number of hydrogen-bond donors (Lipinski definition) is 1. The second-order valence-corrected chi connectivity index (χ2v) is 6.37. The van der Waals surface area contributed by atoms with Crippen LogP contribution in [-0.4, -0.2) is 16.1 Å². The average Bonchev–Trinajstić information content (AvgIpc) is 3.02. The van der Waals surface area contributed by atoms with Crippen molar-refractivity contribution in [2.75, 3.05) is 6.54 Å². The van der Waals surface area contributed by atoms with Gasteiger partial charge in [-0.25, -0.2) is 4.98 Å². The zero-order valence-electron chi connectivity index (χ0n) is 13.1. The Morgan fingerprint density at radius 2 is 2.15 bits per heavy atom. The van der Waals surface area contributed by atoms with E-state index in [1.165, 1.54) is 0 Å². The van der Waals surface area contributed by atoms with Crippen molar-refractivity contribution in [1.82, 2.24) is 14.9 Å². The first-order chi connectivity index (χ1) is 9.42. The summed E-state index contributed by atoms with van der Waals surface area (Å²) in [6, 6.07) is 3.90. The molecular formula is C16H25N3O. The highest BCUT2D eigenvalue weighted by Crippen LogP contribution is 2.27. The molecule has 0 aliphatic heterocycles. The zero-order valence-corrected chi connectivity index (χ0v) is 13.1. The van der Waals surface area contributed by atoms with Crippen LogP contribution in [0.3, 0.4) is 0 Å². The molecule has 20 heavy (non-hydrogen) atoms. The lowest BCUT2D eigenvalue weighted by atomic mass is 9.81. The molecule has 0 fully saturated rings. The van der Waals surface area contributed by atoms with Gasteiger partial charge in [-0.05, 0) is 23.5 Å². The van der Waals surface area contributed by atoms with Gasteiger partial charge in [0.1, 0.15) is 17.6 Å². The van der Waals surface area contributed by atoms with E-state index < -0.39 is 0 Å². The molecule has 0 amide bonds. The lowest BCUT2D eigenvalue weighted by molar-refractivity contribution is 0.227. The minimum atomic E-state index is -0.0111. The fraction of sp³-hybridized carbons (Fsp3) is 0.562. The molecule has 4 heteroatoms. The summed E-state index contributed by atoms with van der Waals surface area (Å²) in [5.41, 5.74) is 0.218. The van der Waals surface area contributed by atoms with Crippen molar-refractivity contribution >= 4 is 0 Å². The first kappa shape index (κ1) is 14.9. The van der Waals surface area contributed by atoms with E-state index in [0.29, 0.717) is 5.92 Å². The summed E-state index contributed by atoms with van der Waals surface area (Å²) >= 11 is 0. The van der Waals surface area contributed by atoms with Gasteiger partial charge in [0, 0.05) is 26.0 Å². The molecule has 2 rings (SSSR count). The van der Waals surface area contributed by atoms with Crippen LogP contribution >= 0.6 is 0 Å². The maximum Gasteiger partial charge on any atom is 0.133 e. The zero-order chi connectivity index (χ0) is 14.8. The molecule has 4 nitrogen and oxygen atoms in total. The molecule has 1 N–H and O–H groups in total. The normalized spacial score (nSPS) is 13.9. The topological polar surface area (TPSA) is 43.0 Å². The van der Waals surface area contributed by atoms with E-state index in [2.05, 4.69) is 38.0 Å². The van der Waals surface area contributed by atoms with Crippen LogP contribution in [0, 0.1) is 11.3 Å². The highest BCUT2D eigenvalue weighted by Gasteiger charge is 2.27. The fourth-order valence-electron chi connectivity index (χ4n) is 2.00. The monoisotopic (exact) mass is 275 g/mol. The predicted molar refractivity (Wildman–Crippen MR) is 80.4 cm³/mol. The van der Waals surface area contributed by atoms with Gasteiger partial charge in [0.05, 0.1) is 6.26 Å². The highest BCUT2D eigenvalue weighted by atomic mass is 16.3. The molecule has 0 spiro atoms. The van der Waals surface area contributed by atoms with Gasteiger partial charge >= 0.3 is 0 Å². The van der Waals surface area contributed by atoms with Crippen molar-refractivity contribution in [3.8, 4) is 0 Å². The number of aryl methyl sites for hydroxylation is 1. The first-order valence-corrected chi connectivity index (χ1v) is 7.16. The second kappa shape index (κ2) is 5.83.